The first-order valence-corrected chi connectivity index (χ1v) is 8.23. The Balaban J connectivity index is 2.49. The van der Waals surface area contributed by atoms with Crippen LogP contribution in [0.5, 0.6) is 0 Å². The van der Waals surface area contributed by atoms with Gasteiger partial charge in [-0.05, 0) is 29.8 Å². The highest BCUT2D eigenvalue weighted by atomic mass is 35.5. The maximum absolute atomic E-state index is 13.3. The predicted molar refractivity (Wildman–Crippen MR) is 94.5 cm³/mol. The van der Waals surface area contributed by atoms with E-state index in [1.54, 1.807) is 6.07 Å². The molecule has 0 bridgehead atoms. The van der Waals surface area contributed by atoms with E-state index in [1.807, 2.05) is 0 Å². The maximum Gasteiger partial charge on any atom is 0.453 e. The molecule has 0 saturated heterocycles. The summed E-state index contributed by atoms with van der Waals surface area (Å²) in [4.78, 5) is 0. The van der Waals surface area contributed by atoms with E-state index < -0.39 is 35.3 Å². The number of nitrogen functional groups attached to an aromatic ring is 1. The third kappa shape index (κ3) is 5.53. The van der Waals surface area contributed by atoms with Gasteiger partial charge in [-0.2, -0.15) is 35.1 Å². The molecule has 2 rings (SSSR count). The average molecular weight is 445 g/mol. The number of allylic oxidation sites excluding steroid dienone is 1. The molecule has 0 heterocycles. The fourth-order valence-electron chi connectivity index (χ4n) is 2.26. The molecule has 0 radical (unpaired) electrons. The number of para-hydroxylation sites is 2. The molecule has 0 aliphatic rings. The second kappa shape index (κ2) is 8.10. The zero-order chi connectivity index (χ0) is 22.0. The number of alkyl halides is 8. The molecule has 0 aromatic heterocycles. The van der Waals surface area contributed by atoms with Gasteiger partial charge < -0.3 is 11.1 Å². The van der Waals surface area contributed by atoms with Gasteiger partial charge in [-0.3, -0.25) is 0 Å². The Morgan fingerprint density at radius 2 is 1.59 bits per heavy atom. The van der Waals surface area contributed by atoms with Crippen molar-refractivity contribution in [1.29, 1.82) is 0 Å². The number of anilines is 2. The smallest absolute Gasteiger partial charge is 0.397 e. The lowest BCUT2D eigenvalue weighted by Gasteiger charge is -2.20. The second-order valence-electron chi connectivity index (χ2n) is 5.93. The van der Waals surface area contributed by atoms with Crippen LogP contribution in [0.15, 0.2) is 48.5 Å². The Labute approximate surface area is 165 Å². The normalized spacial score (nSPS) is 13.5. The van der Waals surface area contributed by atoms with Gasteiger partial charge in [-0.15, -0.1) is 0 Å². The van der Waals surface area contributed by atoms with E-state index in [1.165, 1.54) is 18.2 Å². The van der Waals surface area contributed by atoms with Crippen LogP contribution in [0.25, 0.3) is 5.70 Å². The largest absolute Gasteiger partial charge is 0.453 e. The van der Waals surface area contributed by atoms with Crippen molar-refractivity contribution in [3.05, 3.63) is 64.7 Å². The molecule has 3 N–H and O–H groups in total. The second-order valence-corrected chi connectivity index (χ2v) is 6.34. The number of nitrogens with two attached hydrogens (primary N) is 1. The van der Waals surface area contributed by atoms with Crippen molar-refractivity contribution < 1.29 is 35.1 Å². The lowest BCUT2D eigenvalue weighted by Crippen LogP contribution is -2.35. The zero-order valence-electron chi connectivity index (χ0n) is 14.3. The molecule has 0 amide bonds. The van der Waals surface area contributed by atoms with Crippen molar-refractivity contribution in [2.45, 2.75) is 24.7 Å². The highest BCUT2D eigenvalue weighted by Crippen LogP contribution is 2.40. The number of rotatable bonds is 5. The van der Waals surface area contributed by atoms with E-state index in [0.29, 0.717) is 12.1 Å². The number of halogens is 9. The molecule has 0 saturated carbocycles. The summed E-state index contributed by atoms with van der Waals surface area (Å²) < 4.78 is 103. The van der Waals surface area contributed by atoms with Crippen molar-refractivity contribution in [2.75, 3.05) is 11.1 Å². The zero-order valence-corrected chi connectivity index (χ0v) is 15.1. The third-order valence-electron chi connectivity index (χ3n) is 3.79. The number of hydrogen-bond acceptors (Lipinski definition) is 2. The highest BCUT2D eigenvalue weighted by Gasteiger charge is 2.56. The summed E-state index contributed by atoms with van der Waals surface area (Å²) in [7, 11) is 0. The lowest BCUT2D eigenvalue weighted by molar-refractivity contribution is -0.280. The van der Waals surface area contributed by atoms with E-state index in [-0.39, 0.29) is 22.6 Å². The van der Waals surface area contributed by atoms with Crippen LogP contribution in [-0.2, 0) is 6.18 Å². The van der Waals surface area contributed by atoms with Gasteiger partial charge in [0.1, 0.15) is 0 Å². The lowest BCUT2D eigenvalue weighted by atomic mass is 10.1. The first kappa shape index (κ1) is 22.8. The minimum Gasteiger partial charge on any atom is -0.397 e. The van der Waals surface area contributed by atoms with Crippen LogP contribution in [-0.4, -0.2) is 12.1 Å². The van der Waals surface area contributed by atoms with Crippen molar-refractivity contribution in [3.63, 3.8) is 0 Å². The number of nitrogens with one attached hydrogen (secondary N) is 1. The summed E-state index contributed by atoms with van der Waals surface area (Å²) in [6.07, 6.45) is -11.8. The first-order chi connectivity index (χ1) is 13.2. The van der Waals surface area contributed by atoms with Crippen LogP contribution in [0.4, 0.5) is 46.5 Å². The summed E-state index contributed by atoms with van der Waals surface area (Å²) >= 11 is 5.63. The van der Waals surface area contributed by atoms with E-state index >= 15 is 0 Å². The topological polar surface area (TPSA) is 38.0 Å². The van der Waals surface area contributed by atoms with E-state index in [4.69, 9.17) is 17.3 Å². The summed E-state index contributed by atoms with van der Waals surface area (Å²) in [6.45, 7) is 0. The van der Waals surface area contributed by atoms with Gasteiger partial charge in [0.05, 0.1) is 22.0 Å². The van der Waals surface area contributed by atoms with Gasteiger partial charge in [0.15, 0.2) is 0 Å². The van der Waals surface area contributed by atoms with Gasteiger partial charge in [-0.25, -0.2) is 0 Å². The van der Waals surface area contributed by atoms with Crippen LogP contribution in [0.3, 0.4) is 0 Å². The van der Waals surface area contributed by atoms with Gasteiger partial charge in [0.25, 0.3) is 0 Å². The fraction of sp³-hybridized carbons (Fsp3) is 0.222. The van der Waals surface area contributed by atoms with Gasteiger partial charge in [0.2, 0.25) is 0 Å². The summed E-state index contributed by atoms with van der Waals surface area (Å²) in [5.41, 5.74) is 4.38. The van der Waals surface area contributed by atoms with Crippen molar-refractivity contribution >= 4 is 28.7 Å². The Kier molecular flexibility index (Phi) is 6.36. The molecule has 0 aliphatic heterocycles. The molecule has 2 aromatic rings. The molecule has 0 atom stereocenters. The Morgan fingerprint density at radius 3 is 2.10 bits per heavy atom. The molecule has 11 heteroatoms. The van der Waals surface area contributed by atoms with Gasteiger partial charge in [0, 0.05) is 12.1 Å². The van der Waals surface area contributed by atoms with Crippen molar-refractivity contribution in [2.24, 2.45) is 0 Å². The van der Waals surface area contributed by atoms with E-state index in [2.05, 4.69) is 5.32 Å². The quantitative estimate of drug-likeness (QED) is 0.385. The van der Waals surface area contributed by atoms with Crippen molar-refractivity contribution in [1.82, 2.24) is 0 Å². The predicted octanol–water partition coefficient (Wildman–Crippen LogP) is 6.98. The molecule has 0 aliphatic carbocycles. The molecule has 0 unspecified atom stereocenters. The molecule has 0 fully saturated rings. The molecular formula is C18H13ClF8N2. The summed E-state index contributed by atoms with van der Waals surface area (Å²) in [6, 6.07) is 8.23. The molecule has 2 nitrogen and oxygen atoms in total. The molecular weight excluding hydrogens is 432 g/mol. The SMILES string of the molecule is Nc1ccccc1NC(=CCC(F)(F)C(F)(F)F)c1ccc(C(F)(F)F)c(Cl)c1. The van der Waals surface area contributed by atoms with Crippen LogP contribution in [0.2, 0.25) is 5.02 Å². The van der Waals surface area contributed by atoms with Crippen LogP contribution < -0.4 is 11.1 Å². The first-order valence-electron chi connectivity index (χ1n) is 7.86. The number of hydrogen-bond donors (Lipinski definition) is 2. The highest BCUT2D eigenvalue weighted by molar-refractivity contribution is 6.31. The Bertz CT molecular complexity index is 903. The minimum absolute atomic E-state index is 0.135. The molecule has 0 spiro atoms. The average Bonchev–Trinajstić information content (AvgIpc) is 2.58. The van der Waals surface area contributed by atoms with Crippen LogP contribution in [0.1, 0.15) is 17.5 Å². The van der Waals surface area contributed by atoms with Crippen LogP contribution in [0, 0.1) is 0 Å². The van der Waals surface area contributed by atoms with E-state index in [0.717, 1.165) is 12.1 Å². The standard InChI is InChI=1S/C18H13ClF8N2/c19-12-9-10(5-6-11(12)17(22,23)24)14(7-8-16(20,21)18(25,26)27)29-15-4-2-1-3-13(15)28/h1-7,9,29H,8,28H2. The molecule has 29 heavy (non-hydrogen) atoms. The minimum atomic E-state index is -5.79. The van der Waals surface area contributed by atoms with Crippen LogP contribution >= 0.6 is 11.6 Å². The summed E-state index contributed by atoms with van der Waals surface area (Å²) in [5, 5.41) is 1.82. The summed E-state index contributed by atoms with van der Waals surface area (Å²) in [5.74, 6) is -5.04. The molecule has 2 aromatic carbocycles. The fourth-order valence-corrected chi connectivity index (χ4v) is 2.54. The third-order valence-corrected chi connectivity index (χ3v) is 4.11. The van der Waals surface area contributed by atoms with E-state index in [9.17, 15) is 35.1 Å². The Hall–Kier alpha value is -2.49. The van der Waals surface area contributed by atoms with Gasteiger partial charge >= 0.3 is 18.3 Å². The Morgan fingerprint density at radius 1 is 0.966 bits per heavy atom. The number of benzene rings is 2. The monoisotopic (exact) mass is 444 g/mol. The van der Waals surface area contributed by atoms with Gasteiger partial charge in [-0.1, -0.05) is 35.9 Å². The van der Waals surface area contributed by atoms with Crippen molar-refractivity contribution in [3.8, 4) is 0 Å². The molecule has 158 valence electrons. The maximum atomic E-state index is 13.3.